The van der Waals surface area contributed by atoms with E-state index in [4.69, 9.17) is 0 Å². The van der Waals surface area contributed by atoms with Crippen LogP contribution in [0.5, 0.6) is 0 Å². The van der Waals surface area contributed by atoms with E-state index in [1.54, 1.807) is 0 Å². The highest BCUT2D eigenvalue weighted by Crippen LogP contribution is 2.19. The number of piperidine rings is 1. The first kappa shape index (κ1) is 18.6. The SMILES string of the molecule is O=C(CCc1cncc2ccccc12)NC1CCN(Cc2ccccc2)CC1. The van der Waals surface area contributed by atoms with Gasteiger partial charge in [-0.3, -0.25) is 14.7 Å². The molecule has 28 heavy (non-hydrogen) atoms. The smallest absolute Gasteiger partial charge is 0.220 e. The molecule has 0 saturated carbocycles. The molecular weight excluding hydrogens is 346 g/mol. The van der Waals surface area contributed by atoms with Gasteiger partial charge < -0.3 is 5.32 Å². The Morgan fingerprint density at radius 2 is 1.75 bits per heavy atom. The topological polar surface area (TPSA) is 45.2 Å². The Morgan fingerprint density at radius 3 is 2.57 bits per heavy atom. The first-order valence-electron chi connectivity index (χ1n) is 10.2. The quantitative estimate of drug-likeness (QED) is 0.712. The number of rotatable bonds is 6. The normalized spacial score (nSPS) is 15.6. The molecule has 4 heteroatoms. The van der Waals surface area contributed by atoms with E-state index < -0.39 is 0 Å². The Morgan fingerprint density at radius 1 is 1.00 bits per heavy atom. The Labute approximate surface area is 166 Å². The van der Waals surface area contributed by atoms with Crippen molar-refractivity contribution in [1.82, 2.24) is 15.2 Å². The molecule has 2 heterocycles. The monoisotopic (exact) mass is 373 g/mol. The first-order chi connectivity index (χ1) is 13.8. The molecule has 1 aliphatic heterocycles. The highest BCUT2D eigenvalue weighted by Gasteiger charge is 2.20. The summed E-state index contributed by atoms with van der Waals surface area (Å²) in [6, 6.07) is 19.1. The number of likely N-dealkylation sites (tertiary alicyclic amines) is 1. The van der Waals surface area contributed by atoms with Gasteiger partial charge in [-0.05, 0) is 35.8 Å². The molecule has 0 bridgehead atoms. The fourth-order valence-corrected chi connectivity index (χ4v) is 4.00. The lowest BCUT2D eigenvalue weighted by Crippen LogP contribution is -2.44. The van der Waals surface area contributed by atoms with E-state index in [2.05, 4.69) is 57.7 Å². The molecule has 1 N–H and O–H groups in total. The lowest BCUT2D eigenvalue weighted by atomic mass is 10.0. The number of aryl methyl sites for hydroxylation is 1. The summed E-state index contributed by atoms with van der Waals surface area (Å²) in [5.41, 5.74) is 2.50. The van der Waals surface area contributed by atoms with Gasteiger partial charge in [0.1, 0.15) is 0 Å². The fraction of sp³-hybridized carbons (Fsp3) is 0.333. The summed E-state index contributed by atoms with van der Waals surface area (Å²) in [5.74, 6) is 0.148. The molecule has 3 aromatic rings. The minimum Gasteiger partial charge on any atom is -0.353 e. The van der Waals surface area contributed by atoms with E-state index in [1.807, 2.05) is 24.5 Å². The lowest BCUT2D eigenvalue weighted by Gasteiger charge is -2.32. The van der Waals surface area contributed by atoms with Crippen LogP contribution in [0.4, 0.5) is 0 Å². The third-order valence-electron chi connectivity index (χ3n) is 5.57. The molecule has 4 nitrogen and oxygen atoms in total. The predicted molar refractivity (Wildman–Crippen MR) is 113 cm³/mol. The van der Waals surface area contributed by atoms with Gasteiger partial charge in [-0.25, -0.2) is 0 Å². The van der Waals surface area contributed by atoms with Gasteiger partial charge in [-0.2, -0.15) is 0 Å². The number of carbonyl (C=O) groups is 1. The van der Waals surface area contributed by atoms with Crippen molar-refractivity contribution in [3.05, 3.63) is 78.1 Å². The molecule has 1 amide bonds. The second kappa shape index (κ2) is 8.98. The van der Waals surface area contributed by atoms with Crippen LogP contribution in [0.1, 0.15) is 30.4 Å². The second-order valence-electron chi connectivity index (χ2n) is 7.62. The van der Waals surface area contributed by atoms with Crippen LogP contribution in [0.25, 0.3) is 10.8 Å². The van der Waals surface area contributed by atoms with Gasteiger partial charge in [0.15, 0.2) is 0 Å². The molecule has 0 atom stereocenters. The van der Waals surface area contributed by atoms with E-state index in [9.17, 15) is 4.79 Å². The van der Waals surface area contributed by atoms with Crippen molar-refractivity contribution in [3.63, 3.8) is 0 Å². The van der Waals surface area contributed by atoms with Gasteiger partial charge in [-0.1, -0.05) is 54.6 Å². The van der Waals surface area contributed by atoms with Crippen LogP contribution in [0.2, 0.25) is 0 Å². The third kappa shape index (κ3) is 4.76. The maximum atomic E-state index is 12.4. The zero-order chi connectivity index (χ0) is 19.2. The lowest BCUT2D eigenvalue weighted by molar-refractivity contribution is -0.122. The standard InChI is InChI=1S/C24H27N3O/c28-24(11-10-21-17-25-16-20-8-4-5-9-23(20)21)26-22-12-14-27(15-13-22)18-19-6-2-1-3-7-19/h1-9,16-17,22H,10-15,18H2,(H,26,28). The van der Waals surface area contributed by atoms with Crippen LogP contribution in [0.15, 0.2) is 67.0 Å². The number of nitrogens with zero attached hydrogens (tertiary/aromatic N) is 2. The number of aromatic nitrogens is 1. The molecule has 1 aromatic heterocycles. The highest BCUT2D eigenvalue weighted by atomic mass is 16.1. The molecule has 0 spiro atoms. The summed E-state index contributed by atoms with van der Waals surface area (Å²) < 4.78 is 0. The van der Waals surface area contributed by atoms with Crippen molar-refractivity contribution in [2.24, 2.45) is 0 Å². The van der Waals surface area contributed by atoms with E-state index in [0.717, 1.165) is 49.8 Å². The Hall–Kier alpha value is -2.72. The van der Waals surface area contributed by atoms with E-state index in [1.165, 1.54) is 10.9 Å². The van der Waals surface area contributed by atoms with Crippen molar-refractivity contribution < 1.29 is 4.79 Å². The highest BCUT2D eigenvalue weighted by molar-refractivity contribution is 5.85. The molecule has 2 aromatic carbocycles. The van der Waals surface area contributed by atoms with Gasteiger partial charge in [0.05, 0.1) is 0 Å². The number of benzene rings is 2. The van der Waals surface area contributed by atoms with Crippen molar-refractivity contribution in [2.75, 3.05) is 13.1 Å². The first-order valence-corrected chi connectivity index (χ1v) is 10.2. The molecule has 1 saturated heterocycles. The maximum Gasteiger partial charge on any atom is 0.220 e. The van der Waals surface area contributed by atoms with Gasteiger partial charge >= 0.3 is 0 Å². The number of nitrogens with one attached hydrogen (secondary N) is 1. The molecule has 4 rings (SSSR count). The van der Waals surface area contributed by atoms with Gasteiger partial charge in [0.25, 0.3) is 0 Å². The molecule has 0 unspecified atom stereocenters. The predicted octanol–water partition coefficient (Wildman–Crippen LogP) is 3.95. The van der Waals surface area contributed by atoms with Gasteiger partial charge in [0, 0.05) is 49.9 Å². The Balaban J connectivity index is 1.24. The van der Waals surface area contributed by atoms with Gasteiger partial charge in [-0.15, -0.1) is 0 Å². The summed E-state index contributed by atoms with van der Waals surface area (Å²) in [7, 11) is 0. The van der Waals surface area contributed by atoms with E-state index in [-0.39, 0.29) is 5.91 Å². The molecule has 1 fully saturated rings. The molecule has 0 aliphatic carbocycles. The van der Waals surface area contributed by atoms with Crippen LogP contribution >= 0.6 is 0 Å². The van der Waals surface area contributed by atoms with Crippen molar-refractivity contribution in [3.8, 4) is 0 Å². The molecule has 1 aliphatic rings. The zero-order valence-electron chi connectivity index (χ0n) is 16.2. The van der Waals surface area contributed by atoms with Crippen molar-refractivity contribution in [2.45, 2.75) is 38.3 Å². The second-order valence-corrected chi connectivity index (χ2v) is 7.62. The van der Waals surface area contributed by atoms with Crippen LogP contribution in [-0.4, -0.2) is 34.9 Å². The number of amides is 1. The van der Waals surface area contributed by atoms with E-state index in [0.29, 0.717) is 12.5 Å². The van der Waals surface area contributed by atoms with Crippen molar-refractivity contribution >= 4 is 16.7 Å². The van der Waals surface area contributed by atoms with E-state index >= 15 is 0 Å². The van der Waals surface area contributed by atoms with Crippen LogP contribution in [0, 0.1) is 0 Å². The largest absolute Gasteiger partial charge is 0.353 e. The minimum absolute atomic E-state index is 0.148. The molecular formula is C24H27N3O. The fourth-order valence-electron chi connectivity index (χ4n) is 4.00. The number of carbonyl (C=O) groups excluding carboxylic acids is 1. The minimum atomic E-state index is 0.148. The van der Waals surface area contributed by atoms with Crippen LogP contribution in [0.3, 0.4) is 0 Å². The number of hydrogen-bond acceptors (Lipinski definition) is 3. The Bertz CT molecular complexity index is 912. The summed E-state index contributed by atoms with van der Waals surface area (Å²) in [6.45, 7) is 3.07. The number of hydrogen-bond donors (Lipinski definition) is 1. The number of fused-ring (bicyclic) bond motifs is 1. The van der Waals surface area contributed by atoms with Crippen molar-refractivity contribution in [1.29, 1.82) is 0 Å². The molecule has 0 radical (unpaired) electrons. The summed E-state index contributed by atoms with van der Waals surface area (Å²) >= 11 is 0. The third-order valence-corrected chi connectivity index (χ3v) is 5.57. The van der Waals surface area contributed by atoms with Crippen LogP contribution < -0.4 is 5.32 Å². The zero-order valence-corrected chi connectivity index (χ0v) is 16.2. The maximum absolute atomic E-state index is 12.4. The molecule has 144 valence electrons. The Kier molecular flexibility index (Phi) is 5.98. The van der Waals surface area contributed by atoms with Gasteiger partial charge in [0.2, 0.25) is 5.91 Å². The van der Waals surface area contributed by atoms with Crippen LogP contribution in [-0.2, 0) is 17.8 Å². The number of pyridine rings is 1. The average Bonchev–Trinajstić information content (AvgIpc) is 2.74. The summed E-state index contributed by atoms with van der Waals surface area (Å²) in [4.78, 5) is 19.2. The average molecular weight is 374 g/mol. The summed E-state index contributed by atoms with van der Waals surface area (Å²) in [5, 5.41) is 5.56. The summed E-state index contributed by atoms with van der Waals surface area (Å²) in [6.07, 6.45) is 7.05.